The van der Waals surface area contributed by atoms with Crippen LogP contribution in [0.3, 0.4) is 0 Å². The zero-order chi connectivity index (χ0) is 15.8. The average Bonchev–Trinajstić information content (AvgIpc) is 2.53. The highest BCUT2D eigenvalue weighted by atomic mass is 32.2. The Hall–Kier alpha value is -2.45. The molecule has 2 aromatic carbocycles. The molecule has 0 aliphatic heterocycles. The van der Waals surface area contributed by atoms with Gasteiger partial charge in [-0.1, -0.05) is 23.8 Å². The molecule has 2 aromatic rings. The van der Waals surface area contributed by atoms with Gasteiger partial charge in [-0.25, -0.2) is 0 Å². The number of hydrogen-bond donors (Lipinski definition) is 1. The van der Waals surface area contributed by atoms with E-state index in [1.807, 2.05) is 37.3 Å². The normalized spacial score (nSPS) is 9.82. The molecule has 0 unspecified atom stereocenters. The monoisotopic (exact) mass is 312 g/mol. The Morgan fingerprint density at radius 2 is 2.05 bits per heavy atom. The van der Waals surface area contributed by atoms with Crippen LogP contribution in [0, 0.1) is 18.3 Å². The molecule has 22 heavy (non-hydrogen) atoms. The topological polar surface area (TPSA) is 62.1 Å². The molecule has 0 bridgehead atoms. The van der Waals surface area contributed by atoms with Crippen LogP contribution < -0.4 is 10.1 Å². The van der Waals surface area contributed by atoms with Crippen LogP contribution in [-0.4, -0.2) is 18.3 Å². The van der Waals surface area contributed by atoms with Crippen LogP contribution >= 0.6 is 11.8 Å². The standard InChI is InChI=1S/C17H16N2O2S/c1-13-5-7-16(8-6-13)22-12-17(20)19-14-3-2-4-15(11-14)21-10-9-18/h2-8,11H,10,12H2,1H3,(H,19,20). The zero-order valence-electron chi connectivity index (χ0n) is 12.2. The van der Waals surface area contributed by atoms with Crippen molar-refractivity contribution in [3.63, 3.8) is 0 Å². The number of thioether (sulfide) groups is 1. The summed E-state index contributed by atoms with van der Waals surface area (Å²) >= 11 is 1.49. The highest BCUT2D eigenvalue weighted by Gasteiger charge is 2.05. The maximum absolute atomic E-state index is 12.0. The van der Waals surface area contributed by atoms with Crippen LogP contribution in [-0.2, 0) is 4.79 Å². The molecule has 0 aliphatic carbocycles. The average molecular weight is 312 g/mol. The fourth-order valence-electron chi connectivity index (χ4n) is 1.76. The SMILES string of the molecule is Cc1ccc(SCC(=O)Nc2cccc(OCC#N)c2)cc1. The number of nitrogens with zero attached hydrogens (tertiary/aromatic N) is 1. The molecule has 0 atom stereocenters. The molecule has 0 aliphatic rings. The Morgan fingerprint density at radius 3 is 2.77 bits per heavy atom. The number of hydrogen-bond acceptors (Lipinski definition) is 4. The number of aryl methyl sites for hydroxylation is 1. The summed E-state index contributed by atoms with van der Waals surface area (Å²) in [7, 11) is 0. The van der Waals surface area contributed by atoms with Crippen molar-refractivity contribution in [1.82, 2.24) is 0 Å². The van der Waals surface area contributed by atoms with E-state index in [4.69, 9.17) is 10.00 Å². The number of nitriles is 1. The minimum Gasteiger partial charge on any atom is -0.479 e. The smallest absolute Gasteiger partial charge is 0.234 e. The molecular weight excluding hydrogens is 296 g/mol. The lowest BCUT2D eigenvalue weighted by atomic mass is 10.2. The quantitative estimate of drug-likeness (QED) is 0.827. The number of ether oxygens (including phenoxy) is 1. The Bertz CT molecular complexity index is 678. The molecule has 4 nitrogen and oxygen atoms in total. The van der Waals surface area contributed by atoms with Gasteiger partial charge in [0.1, 0.15) is 11.8 Å². The van der Waals surface area contributed by atoms with E-state index in [1.165, 1.54) is 17.3 Å². The van der Waals surface area contributed by atoms with Gasteiger partial charge in [-0.05, 0) is 31.2 Å². The summed E-state index contributed by atoms with van der Waals surface area (Å²) in [6.07, 6.45) is 0. The van der Waals surface area contributed by atoms with Gasteiger partial charge in [0.15, 0.2) is 6.61 Å². The number of amides is 1. The highest BCUT2D eigenvalue weighted by molar-refractivity contribution is 8.00. The predicted molar refractivity (Wildman–Crippen MR) is 88.1 cm³/mol. The van der Waals surface area contributed by atoms with Gasteiger partial charge in [0, 0.05) is 16.6 Å². The van der Waals surface area contributed by atoms with E-state index in [-0.39, 0.29) is 12.5 Å². The Morgan fingerprint density at radius 1 is 1.27 bits per heavy atom. The van der Waals surface area contributed by atoms with Gasteiger partial charge in [0.25, 0.3) is 0 Å². The van der Waals surface area contributed by atoms with Gasteiger partial charge < -0.3 is 10.1 Å². The molecule has 2 rings (SSSR count). The van der Waals surface area contributed by atoms with Gasteiger partial charge >= 0.3 is 0 Å². The molecule has 5 heteroatoms. The Balaban J connectivity index is 1.86. The Kier molecular flexibility index (Phi) is 5.87. The molecule has 0 heterocycles. The van der Waals surface area contributed by atoms with Crippen molar-refractivity contribution in [3.05, 3.63) is 54.1 Å². The van der Waals surface area contributed by atoms with E-state index >= 15 is 0 Å². The second kappa shape index (κ2) is 8.11. The number of rotatable bonds is 6. The van der Waals surface area contributed by atoms with E-state index in [9.17, 15) is 4.79 Å². The third kappa shape index (κ3) is 5.15. The number of nitrogens with one attached hydrogen (secondary N) is 1. The number of anilines is 1. The van der Waals surface area contributed by atoms with Crippen LogP contribution in [0.5, 0.6) is 5.75 Å². The van der Waals surface area contributed by atoms with Crippen LogP contribution in [0.15, 0.2) is 53.4 Å². The summed E-state index contributed by atoms with van der Waals surface area (Å²) in [5.74, 6) is 0.820. The van der Waals surface area contributed by atoms with Crippen molar-refractivity contribution in [2.75, 3.05) is 17.7 Å². The van der Waals surface area contributed by atoms with Gasteiger partial charge in [-0.2, -0.15) is 5.26 Å². The van der Waals surface area contributed by atoms with Crippen molar-refractivity contribution >= 4 is 23.4 Å². The third-order valence-corrected chi connectivity index (χ3v) is 3.82. The van der Waals surface area contributed by atoms with Crippen molar-refractivity contribution in [2.24, 2.45) is 0 Å². The Labute approximate surface area is 134 Å². The maximum atomic E-state index is 12.0. The predicted octanol–water partition coefficient (Wildman–Crippen LogP) is 3.63. The van der Waals surface area contributed by atoms with E-state index < -0.39 is 0 Å². The maximum Gasteiger partial charge on any atom is 0.234 e. The molecule has 1 N–H and O–H groups in total. The minimum atomic E-state index is -0.0805. The van der Waals surface area contributed by atoms with Crippen molar-refractivity contribution in [2.45, 2.75) is 11.8 Å². The highest BCUT2D eigenvalue weighted by Crippen LogP contribution is 2.20. The molecule has 0 fully saturated rings. The molecular formula is C17H16N2O2S. The number of carbonyl (C=O) groups excluding carboxylic acids is 1. The largest absolute Gasteiger partial charge is 0.479 e. The van der Waals surface area contributed by atoms with Gasteiger partial charge in [0.2, 0.25) is 5.91 Å². The van der Waals surface area contributed by atoms with E-state index in [0.717, 1.165) is 4.90 Å². The molecule has 0 spiro atoms. The van der Waals surface area contributed by atoms with Crippen LogP contribution in [0.2, 0.25) is 0 Å². The molecule has 0 saturated heterocycles. The zero-order valence-corrected chi connectivity index (χ0v) is 13.0. The fourth-order valence-corrected chi connectivity index (χ4v) is 2.46. The molecule has 0 aromatic heterocycles. The van der Waals surface area contributed by atoms with Gasteiger partial charge in [-0.15, -0.1) is 11.8 Å². The summed E-state index contributed by atoms with van der Waals surface area (Å²) in [6, 6.07) is 17.0. The minimum absolute atomic E-state index is 0.0132. The van der Waals surface area contributed by atoms with Crippen LogP contribution in [0.1, 0.15) is 5.56 Å². The lowest BCUT2D eigenvalue weighted by Crippen LogP contribution is -2.14. The second-order valence-electron chi connectivity index (χ2n) is 4.62. The summed E-state index contributed by atoms with van der Waals surface area (Å²) < 4.78 is 5.20. The summed E-state index contributed by atoms with van der Waals surface area (Å²) in [4.78, 5) is 13.0. The molecule has 0 saturated carbocycles. The van der Waals surface area contributed by atoms with E-state index in [1.54, 1.807) is 24.3 Å². The molecule has 1 amide bonds. The second-order valence-corrected chi connectivity index (χ2v) is 5.67. The molecule has 0 radical (unpaired) electrons. The lowest BCUT2D eigenvalue weighted by Gasteiger charge is -2.07. The molecule has 112 valence electrons. The van der Waals surface area contributed by atoms with Gasteiger partial charge in [-0.3, -0.25) is 4.79 Å². The fraction of sp³-hybridized carbons (Fsp3) is 0.176. The van der Waals surface area contributed by atoms with Crippen LogP contribution in [0.25, 0.3) is 0 Å². The van der Waals surface area contributed by atoms with Crippen molar-refractivity contribution in [1.29, 1.82) is 5.26 Å². The third-order valence-electron chi connectivity index (χ3n) is 2.81. The van der Waals surface area contributed by atoms with Crippen molar-refractivity contribution < 1.29 is 9.53 Å². The summed E-state index contributed by atoms with van der Waals surface area (Å²) in [5.41, 5.74) is 1.85. The first-order valence-corrected chi connectivity index (χ1v) is 7.75. The van der Waals surface area contributed by atoms with E-state index in [2.05, 4.69) is 5.32 Å². The summed E-state index contributed by atoms with van der Waals surface area (Å²) in [6.45, 7) is 2.02. The first-order chi connectivity index (χ1) is 10.7. The number of carbonyl (C=O) groups is 1. The lowest BCUT2D eigenvalue weighted by molar-refractivity contribution is -0.113. The number of benzene rings is 2. The van der Waals surface area contributed by atoms with Crippen molar-refractivity contribution in [3.8, 4) is 11.8 Å². The first-order valence-electron chi connectivity index (χ1n) is 6.76. The van der Waals surface area contributed by atoms with Crippen LogP contribution in [0.4, 0.5) is 5.69 Å². The van der Waals surface area contributed by atoms with E-state index in [0.29, 0.717) is 17.2 Å². The first kappa shape index (κ1) is 15.9. The summed E-state index contributed by atoms with van der Waals surface area (Å²) in [5, 5.41) is 11.3. The van der Waals surface area contributed by atoms with Gasteiger partial charge in [0.05, 0.1) is 5.75 Å².